The van der Waals surface area contributed by atoms with Crippen LogP contribution in [0, 0.1) is 0 Å². The van der Waals surface area contributed by atoms with Gasteiger partial charge in [-0.1, -0.05) is 151 Å². The fourth-order valence-corrected chi connectivity index (χ4v) is 11.0. The van der Waals surface area contributed by atoms with Crippen LogP contribution in [-0.2, 0) is 5.41 Å². The number of aromatic nitrogens is 1. The normalized spacial score (nSPS) is 13.4. The standard InChI is InChI=1S/C53H34N2S/c1-3-16-36(17-4-1)54(37-18-5-2-6-19-37)38-28-30-39(31-29-38)55-49-34-48-51(33-44(49)43-32-27-35-15-7-8-20-40(35)52(43)55)56-50-26-14-13-25-47(50)53(48)45-23-11-9-21-41(45)42-22-10-12-24-46(42)53/h1-34H. The van der Waals surface area contributed by atoms with Gasteiger partial charge in [0, 0.05) is 48.7 Å². The summed E-state index contributed by atoms with van der Waals surface area (Å²) in [6, 6.07) is 76.1. The van der Waals surface area contributed by atoms with Crippen LogP contribution in [-0.4, -0.2) is 4.57 Å². The van der Waals surface area contributed by atoms with Crippen LogP contribution in [0.3, 0.4) is 0 Å². The lowest BCUT2D eigenvalue weighted by molar-refractivity contribution is 0.724. The third-order valence-corrected chi connectivity index (χ3v) is 13.1. The Morgan fingerprint density at radius 3 is 1.66 bits per heavy atom. The molecule has 1 aliphatic heterocycles. The first-order valence-corrected chi connectivity index (χ1v) is 20.1. The molecule has 262 valence electrons. The molecule has 0 bridgehead atoms. The van der Waals surface area contributed by atoms with E-state index in [1.807, 2.05) is 11.8 Å². The molecule has 56 heavy (non-hydrogen) atoms. The molecule has 0 fully saturated rings. The van der Waals surface area contributed by atoms with E-state index in [-0.39, 0.29) is 0 Å². The molecule has 0 saturated heterocycles. The molecule has 2 heterocycles. The quantitative estimate of drug-likeness (QED) is 0.178. The number of benzene rings is 9. The van der Waals surface area contributed by atoms with Gasteiger partial charge < -0.3 is 9.47 Å². The van der Waals surface area contributed by atoms with Gasteiger partial charge in [0.15, 0.2) is 0 Å². The van der Waals surface area contributed by atoms with Crippen molar-refractivity contribution in [3.05, 3.63) is 229 Å². The van der Waals surface area contributed by atoms with Gasteiger partial charge in [0.05, 0.1) is 16.4 Å². The minimum absolute atomic E-state index is 0.447. The molecule has 2 aliphatic rings. The van der Waals surface area contributed by atoms with E-state index in [0.29, 0.717) is 0 Å². The highest BCUT2D eigenvalue weighted by Gasteiger charge is 2.50. The summed E-state index contributed by atoms with van der Waals surface area (Å²) in [6.45, 7) is 0. The zero-order valence-corrected chi connectivity index (χ0v) is 31.2. The minimum atomic E-state index is -0.447. The molecule has 0 amide bonds. The number of nitrogens with zero attached hydrogens (tertiary/aromatic N) is 2. The largest absolute Gasteiger partial charge is 0.311 e. The van der Waals surface area contributed by atoms with Crippen LogP contribution in [0.5, 0.6) is 0 Å². The van der Waals surface area contributed by atoms with Gasteiger partial charge in [-0.3, -0.25) is 0 Å². The maximum Gasteiger partial charge on any atom is 0.0736 e. The van der Waals surface area contributed by atoms with Crippen molar-refractivity contribution in [3.8, 4) is 16.8 Å². The number of fused-ring (bicyclic) bond motifs is 14. The van der Waals surface area contributed by atoms with E-state index in [2.05, 4.69) is 216 Å². The maximum atomic E-state index is 2.54. The van der Waals surface area contributed by atoms with Crippen molar-refractivity contribution in [3.63, 3.8) is 0 Å². The Morgan fingerprint density at radius 1 is 0.393 bits per heavy atom. The lowest BCUT2D eigenvalue weighted by Gasteiger charge is -2.39. The summed E-state index contributed by atoms with van der Waals surface area (Å²) in [7, 11) is 0. The van der Waals surface area contributed by atoms with Gasteiger partial charge in [-0.2, -0.15) is 0 Å². The molecular formula is C53H34N2S. The van der Waals surface area contributed by atoms with E-state index in [0.717, 1.165) is 22.7 Å². The van der Waals surface area contributed by atoms with Crippen LogP contribution in [0.2, 0.25) is 0 Å². The molecule has 0 radical (unpaired) electrons. The van der Waals surface area contributed by atoms with E-state index < -0.39 is 5.41 Å². The van der Waals surface area contributed by atoms with Crippen LogP contribution < -0.4 is 4.90 Å². The molecular weight excluding hydrogens is 697 g/mol. The van der Waals surface area contributed by atoms with Crippen molar-refractivity contribution in [1.82, 2.24) is 4.57 Å². The second-order valence-electron chi connectivity index (χ2n) is 14.8. The van der Waals surface area contributed by atoms with Gasteiger partial charge in [0.25, 0.3) is 0 Å². The fraction of sp³-hybridized carbons (Fsp3) is 0.0189. The molecule has 12 rings (SSSR count). The average molecular weight is 731 g/mol. The third-order valence-electron chi connectivity index (χ3n) is 12.0. The highest BCUT2D eigenvalue weighted by atomic mass is 32.2. The molecule has 1 spiro atoms. The first kappa shape index (κ1) is 31.5. The maximum absolute atomic E-state index is 2.54. The number of para-hydroxylation sites is 2. The van der Waals surface area contributed by atoms with Gasteiger partial charge in [-0.05, 0) is 105 Å². The summed E-state index contributed by atoms with van der Waals surface area (Å²) in [4.78, 5) is 4.96. The summed E-state index contributed by atoms with van der Waals surface area (Å²) in [5.74, 6) is 0. The predicted octanol–water partition coefficient (Wildman–Crippen LogP) is 14.2. The lowest BCUT2D eigenvalue weighted by atomic mass is 9.67. The Balaban J connectivity index is 1.16. The summed E-state index contributed by atoms with van der Waals surface area (Å²) in [5, 5.41) is 5.02. The number of rotatable bonds is 4. The average Bonchev–Trinajstić information content (AvgIpc) is 3.75. The summed E-state index contributed by atoms with van der Waals surface area (Å²) in [6.07, 6.45) is 0. The number of hydrogen-bond donors (Lipinski definition) is 0. The first-order valence-electron chi connectivity index (χ1n) is 19.3. The molecule has 0 saturated carbocycles. The highest BCUT2D eigenvalue weighted by Crippen LogP contribution is 2.62. The summed E-state index contributed by atoms with van der Waals surface area (Å²) in [5.41, 5.74) is 14.5. The second kappa shape index (κ2) is 12.1. The molecule has 0 atom stereocenters. The molecule has 2 nitrogen and oxygen atoms in total. The van der Waals surface area contributed by atoms with Crippen molar-refractivity contribution in [2.24, 2.45) is 0 Å². The second-order valence-corrected chi connectivity index (χ2v) is 15.9. The zero-order valence-electron chi connectivity index (χ0n) is 30.4. The Hall–Kier alpha value is -6.81. The molecule has 0 N–H and O–H groups in total. The lowest BCUT2D eigenvalue weighted by Crippen LogP contribution is -2.32. The smallest absolute Gasteiger partial charge is 0.0736 e. The van der Waals surface area contributed by atoms with Gasteiger partial charge in [0.2, 0.25) is 0 Å². The molecule has 10 aromatic rings. The third kappa shape index (κ3) is 4.35. The van der Waals surface area contributed by atoms with Crippen LogP contribution in [0.4, 0.5) is 17.1 Å². The van der Waals surface area contributed by atoms with Crippen LogP contribution in [0.15, 0.2) is 216 Å². The number of anilines is 3. The highest BCUT2D eigenvalue weighted by molar-refractivity contribution is 7.99. The van der Waals surface area contributed by atoms with Gasteiger partial charge >= 0.3 is 0 Å². The van der Waals surface area contributed by atoms with Crippen LogP contribution in [0.25, 0.3) is 49.4 Å². The molecule has 1 aromatic heterocycles. The SMILES string of the molecule is c1ccc(N(c2ccccc2)c2ccc(-n3c4cc5c(cc4c4ccc6ccccc6c43)Sc3ccccc3C53c4ccccc4-c4ccccc43)cc2)cc1. The Kier molecular flexibility index (Phi) is 6.81. The van der Waals surface area contributed by atoms with Gasteiger partial charge in [-0.15, -0.1) is 0 Å². The Bertz CT molecular complexity index is 3080. The molecule has 9 aromatic carbocycles. The Morgan fingerprint density at radius 2 is 0.964 bits per heavy atom. The predicted molar refractivity (Wildman–Crippen MR) is 234 cm³/mol. The van der Waals surface area contributed by atoms with Crippen molar-refractivity contribution in [1.29, 1.82) is 0 Å². The van der Waals surface area contributed by atoms with Crippen molar-refractivity contribution >= 4 is 61.4 Å². The van der Waals surface area contributed by atoms with Gasteiger partial charge in [-0.25, -0.2) is 0 Å². The number of hydrogen-bond acceptors (Lipinski definition) is 2. The summed E-state index contributed by atoms with van der Waals surface area (Å²) >= 11 is 1.91. The van der Waals surface area contributed by atoms with Crippen molar-refractivity contribution in [2.45, 2.75) is 15.2 Å². The van der Waals surface area contributed by atoms with Crippen LogP contribution in [0.1, 0.15) is 22.3 Å². The molecule has 0 unspecified atom stereocenters. The van der Waals surface area contributed by atoms with E-state index in [9.17, 15) is 0 Å². The Labute approximate surface area is 329 Å². The van der Waals surface area contributed by atoms with E-state index in [4.69, 9.17) is 0 Å². The van der Waals surface area contributed by atoms with Crippen molar-refractivity contribution < 1.29 is 0 Å². The minimum Gasteiger partial charge on any atom is -0.311 e. The molecule has 1 aliphatic carbocycles. The van der Waals surface area contributed by atoms with E-state index in [1.165, 1.54) is 75.7 Å². The first-order chi connectivity index (χ1) is 27.8. The monoisotopic (exact) mass is 730 g/mol. The molecule has 3 heteroatoms. The van der Waals surface area contributed by atoms with Crippen LogP contribution >= 0.6 is 11.8 Å². The van der Waals surface area contributed by atoms with Gasteiger partial charge in [0.1, 0.15) is 0 Å². The fourth-order valence-electron chi connectivity index (χ4n) is 9.75. The van der Waals surface area contributed by atoms with E-state index >= 15 is 0 Å². The zero-order chi connectivity index (χ0) is 36.8. The summed E-state index contributed by atoms with van der Waals surface area (Å²) < 4.78 is 2.53. The van der Waals surface area contributed by atoms with Crippen molar-refractivity contribution in [2.75, 3.05) is 4.90 Å². The van der Waals surface area contributed by atoms with E-state index in [1.54, 1.807) is 0 Å². The topological polar surface area (TPSA) is 8.17 Å².